The lowest BCUT2D eigenvalue weighted by molar-refractivity contribution is -0.116. The maximum absolute atomic E-state index is 12.0. The number of aryl methyl sites for hydroxylation is 2. The molecule has 0 unspecified atom stereocenters. The maximum Gasteiger partial charge on any atom is 0.286 e. The van der Waals surface area contributed by atoms with Crippen LogP contribution in [0, 0.1) is 13.8 Å². The SMILES string of the molecule is Cc1ccc(Sc2ccc(NC(=O)CCNC(=O)c3ccco3)cc2)c(C)c1. The van der Waals surface area contributed by atoms with Crippen LogP contribution >= 0.6 is 11.8 Å². The van der Waals surface area contributed by atoms with Gasteiger partial charge in [-0.2, -0.15) is 0 Å². The molecule has 2 amide bonds. The molecule has 0 radical (unpaired) electrons. The Morgan fingerprint density at radius 2 is 1.82 bits per heavy atom. The van der Waals surface area contributed by atoms with E-state index in [9.17, 15) is 9.59 Å². The lowest BCUT2D eigenvalue weighted by Crippen LogP contribution is -2.27. The summed E-state index contributed by atoms with van der Waals surface area (Å²) >= 11 is 1.70. The fourth-order valence-electron chi connectivity index (χ4n) is 2.66. The smallest absolute Gasteiger partial charge is 0.286 e. The molecule has 144 valence electrons. The highest BCUT2D eigenvalue weighted by Crippen LogP contribution is 2.31. The van der Waals surface area contributed by atoms with E-state index in [0.29, 0.717) is 0 Å². The minimum Gasteiger partial charge on any atom is -0.459 e. The van der Waals surface area contributed by atoms with E-state index in [2.05, 4.69) is 42.7 Å². The molecule has 0 saturated heterocycles. The summed E-state index contributed by atoms with van der Waals surface area (Å²) in [5.74, 6) is -0.252. The van der Waals surface area contributed by atoms with Crippen molar-refractivity contribution in [3.8, 4) is 0 Å². The highest BCUT2D eigenvalue weighted by molar-refractivity contribution is 7.99. The van der Waals surface area contributed by atoms with Gasteiger partial charge in [0.2, 0.25) is 5.91 Å². The fraction of sp³-hybridized carbons (Fsp3) is 0.182. The van der Waals surface area contributed by atoms with E-state index < -0.39 is 0 Å². The van der Waals surface area contributed by atoms with Gasteiger partial charge in [0.15, 0.2) is 5.76 Å². The highest BCUT2D eigenvalue weighted by Gasteiger charge is 2.09. The molecule has 0 aliphatic heterocycles. The first kappa shape index (κ1) is 19.8. The molecule has 1 heterocycles. The summed E-state index contributed by atoms with van der Waals surface area (Å²) in [4.78, 5) is 26.1. The number of hydrogen-bond acceptors (Lipinski definition) is 4. The lowest BCUT2D eigenvalue weighted by atomic mass is 10.2. The Hall–Kier alpha value is -2.99. The molecule has 3 aromatic rings. The zero-order valence-corrected chi connectivity index (χ0v) is 16.6. The molecular formula is C22H22N2O3S. The number of anilines is 1. The van der Waals surface area contributed by atoms with Crippen LogP contribution in [0.3, 0.4) is 0 Å². The first-order chi connectivity index (χ1) is 13.5. The second kappa shape index (κ2) is 9.28. The summed E-state index contributed by atoms with van der Waals surface area (Å²) < 4.78 is 5.00. The van der Waals surface area contributed by atoms with Crippen molar-refractivity contribution in [2.45, 2.75) is 30.1 Å². The lowest BCUT2D eigenvalue weighted by Gasteiger charge is -2.09. The molecule has 0 fully saturated rings. The van der Waals surface area contributed by atoms with Gasteiger partial charge in [-0.1, -0.05) is 29.5 Å². The Labute approximate surface area is 168 Å². The minimum atomic E-state index is -0.328. The molecule has 2 N–H and O–H groups in total. The summed E-state index contributed by atoms with van der Waals surface area (Å²) in [5.41, 5.74) is 3.23. The standard InChI is InChI=1S/C22H22N2O3S/c1-15-5-10-20(16(2)14-15)28-18-8-6-17(7-9-18)24-21(25)11-12-23-22(26)19-4-3-13-27-19/h3-10,13-14H,11-12H2,1-2H3,(H,23,26)(H,24,25). The molecule has 0 aliphatic carbocycles. The minimum absolute atomic E-state index is 0.158. The highest BCUT2D eigenvalue weighted by atomic mass is 32.2. The molecule has 0 bridgehead atoms. The number of rotatable bonds is 7. The fourth-order valence-corrected chi connectivity index (χ4v) is 3.54. The van der Waals surface area contributed by atoms with Gasteiger partial charge in [-0.3, -0.25) is 9.59 Å². The van der Waals surface area contributed by atoms with Crippen LogP contribution in [0.5, 0.6) is 0 Å². The van der Waals surface area contributed by atoms with Gasteiger partial charge < -0.3 is 15.1 Å². The zero-order chi connectivity index (χ0) is 19.9. The maximum atomic E-state index is 12.0. The summed E-state index contributed by atoms with van der Waals surface area (Å²) in [7, 11) is 0. The third-order valence-corrected chi connectivity index (χ3v) is 5.26. The van der Waals surface area contributed by atoms with Crippen LogP contribution in [0.1, 0.15) is 28.1 Å². The summed E-state index contributed by atoms with van der Waals surface area (Å²) in [5, 5.41) is 5.49. The van der Waals surface area contributed by atoms with Crippen molar-refractivity contribution in [2.75, 3.05) is 11.9 Å². The van der Waals surface area contributed by atoms with Crippen molar-refractivity contribution in [3.63, 3.8) is 0 Å². The van der Waals surface area contributed by atoms with Gasteiger partial charge in [-0.15, -0.1) is 0 Å². The number of carbonyl (C=O) groups is 2. The van der Waals surface area contributed by atoms with Gasteiger partial charge in [0.05, 0.1) is 6.26 Å². The van der Waals surface area contributed by atoms with E-state index in [1.165, 1.54) is 22.3 Å². The summed E-state index contributed by atoms with van der Waals surface area (Å²) in [6.07, 6.45) is 1.62. The van der Waals surface area contributed by atoms with Crippen molar-refractivity contribution in [1.82, 2.24) is 5.32 Å². The van der Waals surface area contributed by atoms with E-state index in [-0.39, 0.29) is 30.5 Å². The van der Waals surface area contributed by atoms with E-state index in [0.717, 1.165) is 10.6 Å². The normalized spacial score (nSPS) is 10.5. The Kier molecular flexibility index (Phi) is 6.55. The van der Waals surface area contributed by atoms with Gasteiger partial charge in [0, 0.05) is 28.4 Å². The molecule has 1 aromatic heterocycles. The average molecular weight is 394 g/mol. The molecule has 2 aromatic carbocycles. The first-order valence-corrected chi connectivity index (χ1v) is 9.79. The van der Waals surface area contributed by atoms with Crippen LogP contribution < -0.4 is 10.6 Å². The average Bonchev–Trinajstić information content (AvgIpc) is 3.20. The van der Waals surface area contributed by atoms with Crippen molar-refractivity contribution in [1.29, 1.82) is 0 Å². The van der Waals surface area contributed by atoms with E-state index >= 15 is 0 Å². The second-order valence-corrected chi connectivity index (χ2v) is 7.54. The number of furan rings is 1. The predicted molar refractivity (Wildman–Crippen MR) is 111 cm³/mol. The van der Waals surface area contributed by atoms with Gasteiger partial charge >= 0.3 is 0 Å². The van der Waals surface area contributed by atoms with Gasteiger partial charge in [0.1, 0.15) is 0 Å². The number of nitrogens with one attached hydrogen (secondary N) is 2. The number of carbonyl (C=O) groups excluding carboxylic acids is 2. The largest absolute Gasteiger partial charge is 0.459 e. The number of benzene rings is 2. The first-order valence-electron chi connectivity index (χ1n) is 8.98. The topological polar surface area (TPSA) is 71.3 Å². The van der Waals surface area contributed by atoms with Crippen LogP contribution in [0.25, 0.3) is 0 Å². The molecule has 3 rings (SSSR count). The molecule has 0 saturated carbocycles. The second-order valence-electron chi connectivity index (χ2n) is 6.43. The van der Waals surface area contributed by atoms with Gasteiger partial charge in [-0.25, -0.2) is 0 Å². The molecule has 0 spiro atoms. The quantitative estimate of drug-likeness (QED) is 0.603. The third kappa shape index (κ3) is 5.50. The molecular weight excluding hydrogens is 372 g/mol. The molecule has 0 atom stereocenters. The van der Waals surface area contributed by atoms with Crippen LogP contribution in [-0.4, -0.2) is 18.4 Å². The van der Waals surface area contributed by atoms with Crippen LogP contribution in [0.2, 0.25) is 0 Å². The van der Waals surface area contributed by atoms with Crippen LogP contribution in [-0.2, 0) is 4.79 Å². The summed E-state index contributed by atoms with van der Waals surface area (Å²) in [6.45, 7) is 4.43. The van der Waals surface area contributed by atoms with Crippen molar-refractivity contribution in [2.24, 2.45) is 0 Å². The molecule has 6 heteroatoms. The van der Waals surface area contributed by atoms with Gasteiger partial charge in [-0.05, 0) is 61.9 Å². The summed E-state index contributed by atoms with van der Waals surface area (Å²) in [6, 6.07) is 17.3. The van der Waals surface area contributed by atoms with Crippen molar-refractivity contribution >= 4 is 29.3 Å². The third-order valence-electron chi connectivity index (χ3n) is 4.08. The van der Waals surface area contributed by atoms with Crippen LogP contribution in [0.4, 0.5) is 5.69 Å². The monoisotopic (exact) mass is 394 g/mol. The number of hydrogen-bond donors (Lipinski definition) is 2. The Morgan fingerprint density at radius 1 is 1.04 bits per heavy atom. The molecule has 28 heavy (non-hydrogen) atoms. The number of amides is 2. The van der Waals surface area contributed by atoms with Crippen molar-refractivity contribution in [3.05, 3.63) is 77.7 Å². The molecule has 0 aliphatic rings. The Bertz CT molecular complexity index is 950. The van der Waals surface area contributed by atoms with Crippen molar-refractivity contribution < 1.29 is 14.0 Å². The predicted octanol–water partition coefficient (Wildman–Crippen LogP) is 4.81. The van der Waals surface area contributed by atoms with Crippen LogP contribution in [0.15, 0.2) is 75.1 Å². The van der Waals surface area contributed by atoms with E-state index in [4.69, 9.17) is 4.42 Å². The van der Waals surface area contributed by atoms with Gasteiger partial charge in [0.25, 0.3) is 5.91 Å². The Morgan fingerprint density at radius 3 is 2.50 bits per heavy atom. The van der Waals surface area contributed by atoms with E-state index in [1.54, 1.807) is 23.9 Å². The zero-order valence-electron chi connectivity index (χ0n) is 15.8. The van der Waals surface area contributed by atoms with E-state index in [1.807, 2.05) is 24.3 Å². The molecule has 5 nitrogen and oxygen atoms in total. The Balaban J connectivity index is 1.47.